The average Bonchev–Trinajstić information content (AvgIpc) is 2.75. The van der Waals surface area contributed by atoms with Gasteiger partial charge in [0.2, 0.25) is 0 Å². The van der Waals surface area contributed by atoms with E-state index in [2.05, 4.69) is 20.8 Å². The molecule has 0 aromatic heterocycles. The van der Waals surface area contributed by atoms with Crippen LogP contribution < -0.4 is 0 Å². The summed E-state index contributed by atoms with van der Waals surface area (Å²) in [5.41, 5.74) is -0.170. The van der Waals surface area contributed by atoms with Gasteiger partial charge in [-0.15, -0.1) is 0 Å². The molecule has 2 nitrogen and oxygen atoms in total. The Labute approximate surface area is 86.0 Å². The summed E-state index contributed by atoms with van der Waals surface area (Å²) in [5, 5.41) is 0. The Balaban J connectivity index is 2.22. The van der Waals surface area contributed by atoms with Crippen LogP contribution in [0.1, 0.15) is 40.0 Å². The van der Waals surface area contributed by atoms with Crippen molar-refractivity contribution in [3.63, 3.8) is 0 Å². The molecule has 0 aliphatic carbocycles. The Kier molecular flexibility index (Phi) is 2.42. The molecule has 2 fully saturated rings. The molecule has 0 saturated carbocycles. The van der Waals surface area contributed by atoms with E-state index in [0.29, 0.717) is 17.9 Å². The van der Waals surface area contributed by atoms with Crippen LogP contribution in [0.25, 0.3) is 0 Å². The molecular weight excluding hydrogens is 176 g/mol. The van der Waals surface area contributed by atoms with Gasteiger partial charge in [-0.3, -0.25) is 0 Å². The van der Waals surface area contributed by atoms with E-state index in [4.69, 9.17) is 4.74 Å². The highest BCUT2D eigenvalue weighted by Gasteiger charge is 2.55. The molecule has 14 heavy (non-hydrogen) atoms. The molecule has 4 unspecified atom stereocenters. The van der Waals surface area contributed by atoms with Gasteiger partial charge in [0.25, 0.3) is 0 Å². The normalized spacial score (nSPS) is 43.1. The lowest BCUT2D eigenvalue weighted by atomic mass is 9.64. The first kappa shape index (κ1) is 10.2. The highest BCUT2D eigenvalue weighted by molar-refractivity contribution is 5.62. The molecule has 2 aliphatic heterocycles. The quantitative estimate of drug-likeness (QED) is 0.648. The molecule has 2 bridgehead atoms. The lowest BCUT2D eigenvalue weighted by Crippen LogP contribution is -2.42. The van der Waals surface area contributed by atoms with Crippen LogP contribution in [0.3, 0.4) is 0 Å². The zero-order chi connectivity index (χ0) is 10.3. The van der Waals surface area contributed by atoms with E-state index < -0.39 is 0 Å². The molecule has 0 spiro atoms. The summed E-state index contributed by atoms with van der Waals surface area (Å²) >= 11 is 0. The molecule has 0 amide bonds. The SMILES string of the molecule is CC(C)C(C)C1(C=O)CC2CCC1O2. The standard InChI is InChI=1S/C12H20O2/c1-8(2)9(3)12(7-13)6-10-4-5-11(12)14-10/h7-11H,4-6H2,1-3H3. The van der Waals surface area contributed by atoms with Gasteiger partial charge in [-0.2, -0.15) is 0 Å². The smallest absolute Gasteiger partial charge is 0.129 e. The first-order valence-corrected chi connectivity index (χ1v) is 5.72. The fraction of sp³-hybridized carbons (Fsp3) is 0.917. The molecule has 2 saturated heterocycles. The van der Waals surface area contributed by atoms with Crippen molar-refractivity contribution < 1.29 is 9.53 Å². The van der Waals surface area contributed by atoms with Crippen molar-refractivity contribution in [2.45, 2.75) is 52.2 Å². The molecule has 2 rings (SSSR count). The first-order valence-electron chi connectivity index (χ1n) is 5.72. The Bertz CT molecular complexity index is 236. The van der Waals surface area contributed by atoms with E-state index >= 15 is 0 Å². The maximum atomic E-state index is 11.4. The summed E-state index contributed by atoms with van der Waals surface area (Å²) in [6.45, 7) is 6.59. The highest BCUT2D eigenvalue weighted by atomic mass is 16.5. The van der Waals surface area contributed by atoms with Gasteiger partial charge < -0.3 is 9.53 Å². The summed E-state index contributed by atoms with van der Waals surface area (Å²) in [5.74, 6) is 0.999. The third-order valence-corrected chi connectivity index (χ3v) is 4.36. The summed E-state index contributed by atoms with van der Waals surface area (Å²) in [4.78, 5) is 11.4. The van der Waals surface area contributed by atoms with Crippen molar-refractivity contribution >= 4 is 6.29 Å². The van der Waals surface area contributed by atoms with Gasteiger partial charge >= 0.3 is 0 Å². The second-order valence-electron chi connectivity index (χ2n) is 5.29. The van der Waals surface area contributed by atoms with Crippen molar-refractivity contribution in [2.75, 3.05) is 0 Å². The van der Waals surface area contributed by atoms with Crippen LogP contribution in [0.4, 0.5) is 0 Å². The predicted molar refractivity (Wildman–Crippen MR) is 55.0 cm³/mol. The Morgan fingerprint density at radius 2 is 2.07 bits per heavy atom. The summed E-state index contributed by atoms with van der Waals surface area (Å²) in [6.07, 6.45) is 4.96. The van der Waals surface area contributed by atoms with Crippen LogP contribution >= 0.6 is 0 Å². The summed E-state index contributed by atoms with van der Waals surface area (Å²) < 4.78 is 5.82. The fourth-order valence-electron chi connectivity index (χ4n) is 3.11. The van der Waals surface area contributed by atoms with Crippen LogP contribution in [0, 0.1) is 17.3 Å². The molecule has 0 aromatic rings. The Morgan fingerprint density at radius 1 is 1.36 bits per heavy atom. The van der Waals surface area contributed by atoms with Crippen molar-refractivity contribution in [3.8, 4) is 0 Å². The van der Waals surface area contributed by atoms with Gasteiger partial charge in [0.05, 0.1) is 17.6 Å². The van der Waals surface area contributed by atoms with Crippen LogP contribution in [0.2, 0.25) is 0 Å². The van der Waals surface area contributed by atoms with Gasteiger partial charge in [-0.25, -0.2) is 0 Å². The third-order valence-electron chi connectivity index (χ3n) is 4.36. The number of aldehydes is 1. The molecule has 0 N–H and O–H groups in total. The van der Waals surface area contributed by atoms with E-state index in [1.807, 2.05) is 0 Å². The van der Waals surface area contributed by atoms with Crippen LogP contribution in [-0.4, -0.2) is 18.5 Å². The van der Waals surface area contributed by atoms with E-state index in [1.54, 1.807) is 0 Å². The number of hydrogen-bond donors (Lipinski definition) is 0. The monoisotopic (exact) mass is 196 g/mol. The van der Waals surface area contributed by atoms with Crippen molar-refractivity contribution in [2.24, 2.45) is 17.3 Å². The number of hydrogen-bond acceptors (Lipinski definition) is 2. The lowest BCUT2D eigenvalue weighted by molar-refractivity contribution is -0.123. The second-order valence-corrected chi connectivity index (χ2v) is 5.29. The van der Waals surface area contributed by atoms with Crippen LogP contribution in [-0.2, 0) is 9.53 Å². The van der Waals surface area contributed by atoms with Crippen molar-refractivity contribution in [3.05, 3.63) is 0 Å². The van der Waals surface area contributed by atoms with Crippen molar-refractivity contribution in [1.82, 2.24) is 0 Å². The average molecular weight is 196 g/mol. The third kappa shape index (κ3) is 1.23. The summed E-state index contributed by atoms with van der Waals surface area (Å²) in [7, 11) is 0. The number of rotatable bonds is 3. The zero-order valence-electron chi connectivity index (χ0n) is 9.32. The van der Waals surface area contributed by atoms with Crippen molar-refractivity contribution in [1.29, 1.82) is 0 Å². The molecule has 4 atom stereocenters. The Morgan fingerprint density at radius 3 is 2.43 bits per heavy atom. The second kappa shape index (κ2) is 3.34. The summed E-state index contributed by atoms with van der Waals surface area (Å²) in [6, 6.07) is 0. The zero-order valence-corrected chi connectivity index (χ0v) is 9.32. The van der Waals surface area contributed by atoms with E-state index in [1.165, 1.54) is 6.29 Å². The molecule has 80 valence electrons. The van der Waals surface area contributed by atoms with Crippen LogP contribution in [0.5, 0.6) is 0 Å². The number of ether oxygens (including phenoxy) is 1. The number of fused-ring (bicyclic) bond motifs is 2. The molecular formula is C12H20O2. The Hall–Kier alpha value is -0.370. The van der Waals surface area contributed by atoms with Gasteiger partial charge in [0.15, 0.2) is 0 Å². The minimum Gasteiger partial charge on any atom is -0.374 e. The minimum absolute atomic E-state index is 0.170. The largest absolute Gasteiger partial charge is 0.374 e. The molecule has 0 aromatic carbocycles. The lowest BCUT2D eigenvalue weighted by Gasteiger charge is -2.37. The van der Waals surface area contributed by atoms with E-state index in [-0.39, 0.29) is 11.5 Å². The molecule has 0 radical (unpaired) electrons. The number of carbonyl (C=O) groups excluding carboxylic acids is 1. The minimum atomic E-state index is -0.170. The van der Waals surface area contributed by atoms with Gasteiger partial charge in [0.1, 0.15) is 6.29 Å². The maximum Gasteiger partial charge on any atom is 0.129 e. The van der Waals surface area contributed by atoms with Gasteiger partial charge in [-0.05, 0) is 31.1 Å². The van der Waals surface area contributed by atoms with Gasteiger partial charge in [-0.1, -0.05) is 20.8 Å². The first-order chi connectivity index (χ1) is 6.60. The number of carbonyl (C=O) groups is 1. The molecule has 2 heteroatoms. The molecule has 2 aliphatic rings. The van der Waals surface area contributed by atoms with Crippen LogP contribution in [0.15, 0.2) is 0 Å². The molecule has 2 heterocycles. The highest BCUT2D eigenvalue weighted by Crippen LogP contribution is 2.52. The maximum absolute atomic E-state index is 11.4. The predicted octanol–water partition coefficient (Wildman–Crippen LogP) is 2.42. The van der Waals surface area contributed by atoms with E-state index in [9.17, 15) is 4.79 Å². The van der Waals surface area contributed by atoms with E-state index in [0.717, 1.165) is 19.3 Å². The van der Waals surface area contributed by atoms with Gasteiger partial charge in [0, 0.05) is 0 Å². The fourth-order valence-corrected chi connectivity index (χ4v) is 3.11. The topological polar surface area (TPSA) is 26.3 Å².